The Morgan fingerprint density at radius 2 is 0.474 bits per heavy atom. The van der Waals surface area contributed by atoms with Gasteiger partial charge in [0.25, 0.3) is 0 Å². The van der Waals surface area contributed by atoms with Crippen LogP contribution in [0.15, 0.2) is 227 Å². The molecule has 0 amide bonds. The number of hydrogen-bond donors (Lipinski definition) is 0. The van der Waals surface area contributed by atoms with Crippen LogP contribution >= 0.6 is 0 Å². The second-order valence-corrected chi connectivity index (χ2v) is 14.8. The van der Waals surface area contributed by atoms with E-state index in [2.05, 4.69) is 116 Å². The molecule has 0 aromatic heterocycles. The summed E-state index contributed by atoms with van der Waals surface area (Å²) in [6, 6.07) is 73.7. The second kappa shape index (κ2) is 15.4. The molecule has 0 N–H and O–H groups in total. The van der Waals surface area contributed by atoms with E-state index in [0.29, 0.717) is 22.6 Å². The van der Waals surface area contributed by atoms with E-state index in [-0.39, 0.29) is 0 Å². The van der Waals surface area contributed by atoms with Gasteiger partial charge in [0.1, 0.15) is 11.4 Å². The first-order chi connectivity index (χ1) is 28.0. The van der Waals surface area contributed by atoms with Gasteiger partial charge in [0.15, 0.2) is 0 Å². The molecule has 0 spiro atoms. The van der Waals surface area contributed by atoms with E-state index in [9.17, 15) is 8.42 Å². The summed E-state index contributed by atoms with van der Waals surface area (Å²) in [6.45, 7) is 0. The maximum atomic E-state index is 12.8. The quantitative estimate of drug-likeness (QED) is 0.139. The van der Waals surface area contributed by atoms with Gasteiger partial charge in [0.2, 0.25) is 0 Å². The molecule has 1 aliphatic heterocycles. The molecule has 7 heteroatoms. The number of anilines is 6. The third-order valence-corrected chi connectivity index (χ3v) is 10.8. The zero-order chi connectivity index (χ0) is 38.6. The van der Waals surface area contributed by atoms with Crippen molar-refractivity contribution in [3.05, 3.63) is 230 Å². The highest BCUT2D eigenvalue weighted by Gasteiger charge is 2.27. The van der Waals surface area contributed by atoms with Gasteiger partial charge in [-0.2, -0.15) is 8.42 Å². The fraction of sp³-hybridized carbons (Fsp3) is 0. The van der Waals surface area contributed by atoms with E-state index < -0.39 is 10.2 Å². The largest absolute Gasteiger partial charge is 0.364 e. The lowest BCUT2D eigenvalue weighted by atomic mass is 9.96. The highest BCUT2D eigenvalue weighted by atomic mass is 32.2. The Kier molecular flexibility index (Phi) is 9.56. The maximum absolute atomic E-state index is 12.8. The van der Waals surface area contributed by atoms with Gasteiger partial charge in [-0.25, -0.2) is 0 Å². The van der Waals surface area contributed by atoms with E-state index >= 15 is 0 Å². The molecule has 0 fully saturated rings. The Morgan fingerprint density at radius 1 is 0.263 bits per heavy atom. The minimum Gasteiger partial charge on any atom is -0.311 e. The first-order valence-electron chi connectivity index (χ1n) is 18.7. The van der Waals surface area contributed by atoms with Crippen LogP contribution in [0.5, 0.6) is 0 Å². The standard InChI is InChI=1S/C50H36N4O2S/c55-57(56)51-49(41-25-21-37(22-26-41)39-29-33-47(34-30-39)53(43-13-5-1-6-14-43)44-15-7-2-8-16-44)50(52-57)42-27-23-38(24-28-42)40-31-35-48(36-32-40)54(45-17-9-3-10-18-45)46-19-11-4-12-20-46/h1-36H. The fourth-order valence-electron chi connectivity index (χ4n) is 7.17. The lowest BCUT2D eigenvalue weighted by Crippen LogP contribution is -2.14. The summed E-state index contributed by atoms with van der Waals surface area (Å²) in [5.74, 6) is 0. The molecule has 0 unspecified atom stereocenters. The van der Waals surface area contributed by atoms with Crippen molar-refractivity contribution in [2.75, 3.05) is 9.80 Å². The topological polar surface area (TPSA) is 65.3 Å². The van der Waals surface area contributed by atoms with Crippen LogP contribution in [-0.2, 0) is 10.2 Å². The minimum absolute atomic E-state index is 0.331. The summed E-state index contributed by atoms with van der Waals surface area (Å²) in [4.78, 5) is 4.45. The minimum atomic E-state index is -4.02. The zero-order valence-electron chi connectivity index (χ0n) is 30.8. The molecule has 0 radical (unpaired) electrons. The van der Waals surface area contributed by atoms with E-state index in [0.717, 1.165) is 56.4 Å². The van der Waals surface area contributed by atoms with Gasteiger partial charge in [-0.1, -0.05) is 146 Å². The molecule has 0 aliphatic carbocycles. The lowest BCUT2D eigenvalue weighted by Gasteiger charge is -2.25. The number of benzene rings is 8. The molecule has 0 saturated carbocycles. The van der Waals surface area contributed by atoms with E-state index in [1.165, 1.54) is 0 Å². The first kappa shape index (κ1) is 35.4. The Balaban J connectivity index is 0.938. The third-order valence-electron chi connectivity index (χ3n) is 9.93. The molecule has 0 bridgehead atoms. The van der Waals surface area contributed by atoms with Gasteiger partial charge < -0.3 is 9.80 Å². The van der Waals surface area contributed by atoms with Crippen molar-refractivity contribution in [3.8, 4) is 22.3 Å². The lowest BCUT2D eigenvalue weighted by molar-refractivity contribution is 0.601. The van der Waals surface area contributed by atoms with Crippen molar-refractivity contribution in [1.82, 2.24) is 0 Å². The average Bonchev–Trinajstić information content (AvgIpc) is 3.61. The molecular weight excluding hydrogens is 721 g/mol. The van der Waals surface area contributed by atoms with Crippen molar-refractivity contribution >= 4 is 55.8 Å². The molecule has 6 nitrogen and oxygen atoms in total. The Bertz CT molecular complexity index is 2520. The number of para-hydroxylation sites is 4. The fourth-order valence-corrected chi connectivity index (χ4v) is 8.05. The van der Waals surface area contributed by atoms with Crippen LogP contribution in [0.3, 0.4) is 0 Å². The van der Waals surface area contributed by atoms with Crippen LogP contribution in [-0.4, -0.2) is 19.8 Å². The molecule has 0 saturated heterocycles. The predicted octanol–water partition coefficient (Wildman–Crippen LogP) is 12.5. The van der Waals surface area contributed by atoms with Crippen molar-refractivity contribution in [3.63, 3.8) is 0 Å². The average molecular weight is 757 g/mol. The number of rotatable bonds is 10. The van der Waals surface area contributed by atoms with Gasteiger partial charge in [-0.15, -0.1) is 8.80 Å². The molecule has 1 aliphatic rings. The summed E-state index contributed by atoms with van der Waals surface area (Å²) in [6.07, 6.45) is 0. The van der Waals surface area contributed by atoms with Crippen LogP contribution in [0.1, 0.15) is 11.1 Å². The molecule has 1 heterocycles. The summed E-state index contributed by atoms with van der Waals surface area (Å²) >= 11 is 0. The van der Waals surface area contributed by atoms with Crippen LogP contribution in [0.25, 0.3) is 22.3 Å². The second-order valence-electron chi connectivity index (χ2n) is 13.6. The van der Waals surface area contributed by atoms with Gasteiger partial charge >= 0.3 is 10.2 Å². The normalized spacial score (nSPS) is 13.1. The van der Waals surface area contributed by atoms with Crippen molar-refractivity contribution in [2.45, 2.75) is 0 Å². The van der Waals surface area contributed by atoms with Gasteiger partial charge in [-0.05, 0) is 95.1 Å². The van der Waals surface area contributed by atoms with Gasteiger partial charge in [0.05, 0.1) is 0 Å². The highest BCUT2D eigenvalue weighted by Crippen LogP contribution is 2.37. The predicted molar refractivity (Wildman–Crippen MR) is 235 cm³/mol. The van der Waals surface area contributed by atoms with Gasteiger partial charge in [-0.3, -0.25) is 0 Å². The van der Waals surface area contributed by atoms with Crippen LogP contribution in [0.4, 0.5) is 34.1 Å². The summed E-state index contributed by atoms with van der Waals surface area (Å²) in [5.41, 5.74) is 12.5. The van der Waals surface area contributed by atoms with E-state index in [1.807, 2.05) is 121 Å². The summed E-state index contributed by atoms with van der Waals surface area (Å²) in [5, 5.41) is 0. The Morgan fingerprint density at radius 3 is 0.737 bits per heavy atom. The molecule has 274 valence electrons. The third kappa shape index (κ3) is 7.52. The molecule has 8 aromatic carbocycles. The van der Waals surface area contributed by atoms with Crippen LogP contribution < -0.4 is 9.80 Å². The van der Waals surface area contributed by atoms with Crippen molar-refractivity contribution in [1.29, 1.82) is 0 Å². The summed E-state index contributed by atoms with van der Waals surface area (Å²) in [7, 11) is -4.02. The monoisotopic (exact) mass is 756 g/mol. The Hall–Kier alpha value is -7.35. The molecule has 9 rings (SSSR count). The zero-order valence-corrected chi connectivity index (χ0v) is 31.6. The SMILES string of the molecule is O=S1(=O)N=C(c2ccc(-c3ccc(N(c4ccccc4)c4ccccc4)cc3)cc2)C(c2ccc(-c3ccc(N(c4ccccc4)c4ccccc4)cc3)cc2)=N1. The Labute approximate surface area is 333 Å². The van der Waals surface area contributed by atoms with Crippen LogP contribution in [0, 0.1) is 0 Å². The highest BCUT2D eigenvalue weighted by molar-refractivity contribution is 7.89. The number of hydrogen-bond acceptors (Lipinski definition) is 4. The van der Waals surface area contributed by atoms with Gasteiger partial charge in [0, 0.05) is 45.3 Å². The maximum Gasteiger partial charge on any atom is 0.364 e. The molecule has 57 heavy (non-hydrogen) atoms. The van der Waals surface area contributed by atoms with Crippen molar-refractivity contribution in [2.24, 2.45) is 8.80 Å². The molecule has 8 aromatic rings. The molecular formula is C50H36N4O2S. The van der Waals surface area contributed by atoms with Crippen LogP contribution in [0.2, 0.25) is 0 Å². The smallest absolute Gasteiger partial charge is 0.311 e. The van der Waals surface area contributed by atoms with E-state index in [1.54, 1.807) is 0 Å². The van der Waals surface area contributed by atoms with Crippen molar-refractivity contribution < 1.29 is 8.42 Å². The number of nitrogens with zero attached hydrogens (tertiary/aromatic N) is 4. The first-order valence-corrected chi connectivity index (χ1v) is 20.1. The summed E-state index contributed by atoms with van der Waals surface area (Å²) < 4.78 is 33.7. The van der Waals surface area contributed by atoms with E-state index in [4.69, 9.17) is 0 Å². The molecule has 0 atom stereocenters.